The van der Waals surface area contributed by atoms with E-state index in [0.29, 0.717) is 11.5 Å². The van der Waals surface area contributed by atoms with E-state index >= 15 is 0 Å². The molecule has 1 atom stereocenters. The minimum absolute atomic E-state index is 0.190. The van der Waals surface area contributed by atoms with Gasteiger partial charge < -0.3 is 9.84 Å². The molecule has 3 rings (SSSR count). The van der Waals surface area contributed by atoms with Gasteiger partial charge in [0.15, 0.2) is 0 Å². The minimum atomic E-state index is -0.903. The third kappa shape index (κ3) is 2.71. The number of benzene rings is 2. The topological polar surface area (TPSA) is 46.5 Å². The standard InChI is InChI=1S/C19H20O3/c1-12(2)13-7-9-17-14(11-13)8-10-18(22-17)15-5-3-4-6-16(15)19(20)21/h3-7,9,11-12,18H,8,10H2,1-2H3,(H,20,21). The Balaban J connectivity index is 1.91. The van der Waals surface area contributed by atoms with Crippen LogP contribution in [0.4, 0.5) is 0 Å². The summed E-state index contributed by atoms with van der Waals surface area (Å²) in [5.74, 6) is 0.469. The van der Waals surface area contributed by atoms with Gasteiger partial charge in [0.2, 0.25) is 0 Å². The molecule has 2 aromatic carbocycles. The lowest BCUT2D eigenvalue weighted by Crippen LogP contribution is -2.18. The SMILES string of the molecule is CC(C)c1ccc2c(c1)CCC(c1ccccc1C(=O)O)O2. The molecule has 1 N–H and O–H groups in total. The first-order valence-electron chi connectivity index (χ1n) is 7.68. The molecule has 2 aromatic rings. The van der Waals surface area contributed by atoms with Crippen molar-refractivity contribution in [3.63, 3.8) is 0 Å². The zero-order chi connectivity index (χ0) is 15.7. The highest BCUT2D eigenvalue weighted by molar-refractivity contribution is 5.89. The van der Waals surface area contributed by atoms with Crippen molar-refractivity contribution in [2.75, 3.05) is 0 Å². The summed E-state index contributed by atoms with van der Waals surface area (Å²) in [6, 6.07) is 13.4. The van der Waals surface area contributed by atoms with Crippen molar-refractivity contribution in [2.45, 2.75) is 38.7 Å². The lowest BCUT2D eigenvalue weighted by molar-refractivity contribution is 0.0689. The van der Waals surface area contributed by atoms with Crippen LogP contribution in [-0.2, 0) is 6.42 Å². The molecule has 0 amide bonds. The number of carboxylic acid groups (broad SMARTS) is 1. The van der Waals surface area contributed by atoms with Crippen LogP contribution >= 0.6 is 0 Å². The second-order valence-electron chi connectivity index (χ2n) is 6.06. The van der Waals surface area contributed by atoms with Gasteiger partial charge in [-0.15, -0.1) is 0 Å². The molecule has 1 heterocycles. The number of fused-ring (bicyclic) bond motifs is 1. The first-order chi connectivity index (χ1) is 10.6. The molecular weight excluding hydrogens is 276 g/mol. The van der Waals surface area contributed by atoms with E-state index in [9.17, 15) is 9.90 Å². The first-order valence-corrected chi connectivity index (χ1v) is 7.68. The highest BCUT2D eigenvalue weighted by atomic mass is 16.5. The molecule has 0 saturated carbocycles. The van der Waals surface area contributed by atoms with Crippen LogP contribution in [0.5, 0.6) is 5.75 Å². The predicted molar refractivity (Wildman–Crippen MR) is 85.6 cm³/mol. The van der Waals surface area contributed by atoms with Crippen LogP contribution in [0.3, 0.4) is 0 Å². The van der Waals surface area contributed by atoms with Crippen molar-refractivity contribution in [3.05, 3.63) is 64.7 Å². The van der Waals surface area contributed by atoms with Gasteiger partial charge in [0.1, 0.15) is 11.9 Å². The van der Waals surface area contributed by atoms with E-state index in [1.807, 2.05) is 18.2 Å². The highest BCUT2D eigenvalue weighted by Crippen LogP contribution is 2.37. The van der Waals surface area contributed by atoms with E-state index in [1.54, 1.807) is 12.1 Å². The molecule has 0 aromatic heterocycles. The molecule has 1 unspecified atom stereocenters. The summed E-state index contributed by atoms with van der Waals surface area (Å²) >= 11 is 0. The van der Waals surface area contributed by atoms with Crippen molar-refractivity contribution >= 4 is 5.97 Å². The zero-order valence-electron chi connectivity index (χ0n) is 12.9. The third-order valence-corrected chi connectivity index (χ3v) is 4.23. The normalized spacial score (nSPS) is 17.0. The maximum atomic E-state index is 11.4. The van der Waals surface area contributed by atoms with E-state index in [0.717, 1.165) is 24.2 Å². The maximum Gasteiger partial charge on any atom is 0.336 e. The van der Waals surface area contributed by atoms with Gasteiger partial charge in [-0.2, -0.15) is 0 Å². The fourth-order valence-electron chi connectivity index (χ4n) is 2.96. The molecule has 0 fully saturated rings. The molecule has 0 radical (unpaired) electrons. The predicted octanol–water partition coefficient (Wildman–Crippen LogP) is 4.57. The van der Waals surface area contributed by atoms with E-state index in [4.69, 9.17) is 4.74 Å². The quantitative estimate of drug-likeness (QED) is 0.902. The van der Waals surface area contributed by atoms with Crippen LogP contribution < -0.4 is 4.74 Å². The molecule has 1 aliphatic heterocycles. The van der Waals surface area contributed by atoms with Gasteiger partial charge in [-0.1, -0.05) is 44.2 Å². The Morgan fingerprint density at radius 2 is 2.00 bits per heavy atom. The number of carboxylic acids is 1. The number of aromatic carboxylic acids is 1. The third-order valence-electron chi connectivity index (χ3n) is 4.23. The Morgan fingerprint density at radius 1 is 1.23 bits per heavy atom. The highest BCUT2D eigenvalue weighted by Gasteiger charge is 2.25. The maximum absolute atomic E-state index is 11.4. The molecule has 1 aliphatic rings. The van der Waals surface area contributed by atoms with Crippen LogP contribution in [0.25, 0.3) is 0 Å². The summed E-state index contributed by atoms with van der Waals surface area (Å²) in [7, 11) is 0. The molecular formula is C19H20O3. The summed E-state index contributed by atoms with van der Waals surface area (Å²) in [5, 5.41) is 9.33. The minimum Gasteiger partial charge on any atom is -0.485 e. The number of ether oxygens (including phenoxy) is 1. The van der Waals surface area contributed by atoms with Gasteiger partial charge in [0.05, 0.1) is 5.56 Å². The number of rotatable bonds is 3. The van der Waals surface area contributed by atoms with Gasteiger partial charge in [-0.05, 0) is 42.0 Å². The van der Waals surface area contributed by atoms with Crippen molar-refractivity contribution in [1.82, 2.24) is 0 Å². The summed E-state index contributed by atoms with van der Waals surface area (Å²) in [6.07, 6.45) is 1.53. The average molecular weight is 296 g/mol. The number of hydrogen-bond acceptors (Lipinski definition) is 2. The van der Waals surface area contributed by atoms with Crippen molar-refractivity contribution in [3.8, 4) is 5.75 Å². The Bertz CT molecular complexity index is 704. The Morgan fingerprint density at radius 3 is 2.73 bits per heavy atom. The van der Waals surface area contributed by atoms with Crippen LogP contribution in [0.2, 0.25) is 0 Å². The van der Waals surface area contributed by atoms with Crippen molar-refractivity contribution in [1.29, 1.82) is 0 Å². The Labute approximate surface area is 130 Å². The number of aryl methyl sites for hydroxylation is 1. The molecule has 0 spiro atoms. The zero-order valence-corrected chi connectivity index (χ0v) is 12.9. The van der Waals surface area contributed by atoms with Gasteiger partial charge in [-0.25, -0.2) is 4.79 Å². The van der Waals surface area contributed by atoms with Gasteiger partial charge in [0, 0.05) is 5.56 Å². The van der Waals surface area contributed by atoms with Crippen LogP contribution in [0, 0.1) is 0 Å². The fourth-order valence-corrected chi connectivity index (χ4v) is 2.96. The van der Waals surface area contributed by atoms with E-state index < -0.39 is 5.97 Å². The number of carbonyl (C=O) groups is 1. The van der Waals surface area contributed by atoms with E-state index in [2.05, 4.69) is 26.0 Å². The van der Waals surface area contributed by atoms with E-state index in [1.165, 1.54) is 11.1 Å². The number of hydrogen-bond donors (Lipinski definition) is 1. The van der Waals surface area contributed by atoms with Crippen molar-refractivity contribution < 1.29 is 14.6 Å². The molecule has 0 bridgehead atoms. The Kier molecular flexibility index (Phi) is 3.88. The molecule has 0 saturated heterocycles. The lowest BCUT2D eigenvalue weighted by atomic mass is 9.92. The van der Waals surface area contributed by atoms with E-state index in [-0.39, 0.29) is 6.10 Å². The smallest absolute Gasteiger partial charge is 0.336 e. The van der Waals surface area contributed by atoms with Crippen LogP contribution in [0.15, 0.2) is 42.5 Å². The van der Waals surface area contributed by atoms with Gasteiger partial charge in [-0.3, -0.25) is 0 Å². The second kappa shape index (κ2) is 5.84. The largest absolute Gasteiger partial charge is 0.485 e. The second-order valence-corrected chi connectivity index (χ2v) is 6.06. The monoisotopic (exact) mass is 296 g/mol. The van der Waals surface area contributed by atoms with Gasteiger partial charge in [0.25, 0.3) is 0 Å². The van der Waals surface area contributed by atoms with Crippen molar-refractivity contribution in [2.24, 2.45) is 0 Å². The summed E-state index contributed by atoms with van der Waals surface area (Å²) in [4.78, 5) is 11.4. The first kappa shape index (κ1) is 14.6. The summed E-state index contributed by atoms with van der Waals surface area (Å²) < 4.78 is 6.08. The Hall–Kier alpha value is -2.29. The fraction of sp³-hybridized carbons (Fsp3) is 0.316. The molecule has 114 valence electrons. The summed E-state index contributed by atoms with van der Waals surface area (Å²) in [5.41, 5.74) is 3.62. The summed E-state index contributed by atoms with van der Waals surface area (Å²) in [6.45, 7) is 4.36. The average Bonchev–Trinajstić information content (AvgIpc) is 2.53. The molecule has 3 nitrogen and oxygen atoms in total. The van der Waals surface area contributed by atoms with Gasteiger partial charge >= 0.3 is 5.97 Å². The molecule has 3 heteroatoms. The lowest BCUT2D eigenvalue weighted by Gasteiger charge is -2.28. The molecule has 0 aliphatic carbocycles. The van der Waals surface area contributed by atoms with Crippen LogP contribution in [0.1, 0.15) is 59.3 Å². The van der Waals surface area contributed by atoms with Crippen LogP contribution in [-0.4, -0.2) is 11.1 Å². The molecule has 22 heavy (non-hydrogen) atoms.